The van der Waals surface area contributed by atoms with Gasteiger partial charge in [-0.1, -0.05) is 44.2 Å². The number of carbonyl (C=O) groups excluding carboxylic acids is 3. The molecule has 28 heavy (non-hydrogen) atoms. The summed E-state index contributed by atoms with van der Waals surface area (Å²) in [6.07, 6.45) is 3.94. The van der Waals surface area contributed by atoms with Gasteiger partial charge in [0.2, 0.25) is 11.8 Å². The van der Waals surface area contributed by atoms with Crippen molar-refractivity contribution >= 4 is 17.6 Å². The van der Waals surface area contributed by atoms with Gasteiger partial charge in [-0.15, -0.1) is 0 Å². The summed E-state index contributed by atoms with van der Waals surface area (Å²) in [5.41, 5.74) is 0.995. The molecule has 0 saturated heterocycles. The van der Waals surface area contributed by atoms with E-state index >= 15 is 0 Å². The molecule has 2 rings (SSSR count). The molecule has 0 bridgehead atoms. The summed E-state index contributed by atoms with van der Waals surface area (Å²) in [7, 11) is 0. The number of benzene rings is 1. The maximum atomic E-state index is 12.7. The van der Waals surface area contributed by atoms with Crippen molar-refractivity contribution in [2.75, 3.05) is 19.7 Å². The van der Waals surface area contributed by atoms with Crippen molar-refractivity contribution in [2.24, 2.45) is 11.8 Å². The molecule has 0 aliphatic carbocycles. The van der Waals surface area contributed by atoms with E-state index in [2.05, 4.69) is 10.6 Å². The monoisotopic (exact) mass is 386 g/mol. The Balaban J connectivity index is 2.07. The molecule has 2 atom stereocenters. The highest BCUT2D eigenvalue weighted by Crippen LogP contribution is 2.20. The zero-order chi connectivity index (χ0) is 20.4. The number of carbonyl (C=O) groups is 3. The quantitative estimate of drug-likeness (QED) is 0.815. The Kier molecular flexibility index (Phi) is 8.72. The van der Waals surface area contributed by atoms with Crippen LogP contribution in [0.2, 0.25) is 0 Å². The fourth-order valence-electron chi connectivity index (χ4n) is 3.06. The van der Waals surface area contributed by atoms with E-state index in [1.165, 1.54) is 6.26 Å². The normalized spacial score (nSPS) is 22.4. The fourth-order valence-corrected chi connectivity index (χ4v) is 3.06. The number of ether oxygens (including phenoxy) is 1. The maximum absolute atomic E-state index is 12.7. The van der Waals surface area contributed by atoms with Crippen LogP contribution in [0, 0.1) is 11.8 Å². The van der Waals surface area contributed by atoms with Gasteiger partial charge in [-0.25, -0.2) is 0 Å². The van der Waals surface area contributed by atoms with Crippen molar-refractivity contribution < 1.29 is 19.1 Å². The van der Waals surface area contributed by atoms with Crippen molar-refractivity contribution in [1.82, 2.24) is 10.6 Å². The summed E-state index contributed by atoms with van der Waals surface area (Å²) in [6.45, 7) is 4.99. The molecule has 2 amide bonds. The van der Waals surface area contributed by atoms with Crippen molar-refractivity contribution in [3.8, 4) is 0 Å². The topological polar surface area (TPSA) is 84.5 Å². The molecule has 0 aromatic heterocycles. The van der Waals surface area contributed by atoms with E-state index in [0.717, 1.165) is 5.56 Å². The minimum absolute atomic E-state index is 0.00726. The summed E-state index contributed by atoms with van der Waals surface area (Å²) in [5, 5.41) is 5.80. The van der Waals surface area contributed by atoms with E-state index in [-0.39, 0.29) is 43.0 Å². The number of ketones is 1. The lowest BCUT2D eigenvalue weighted by molar-refractivity contribution is -0.130. The highest BCUT2D eigenvalue weighted by molar-refractivity contribution is 5.86. The van der Waals surface area contributed by atoms with Crippen LogP contribution in [0.5, 0.6) is 0 Å². The number of rotatable bonds is 5. The second-order valence-electron chi connectivity index (χ2n) is 7.61. The summed E-state index contributed by atoms with van der Waals surface area (Å²) in [6, 6.07) is 9.65. The number of allylic oxidation sites excluding steroid dienone is 1. The van der Waals surface area contributed by atoms with E-state index in [9.17, 15) is 14.4 Å². The first-order valence-electron chi connectivity index (χ1n) is 9.83. The Morgan fingerprint density at radius 1 is 1.25 bits per heavy atom. The Hall–Kier alpha value is -2.63. The van der Waals surface area contributed by atoms with Gasteiger partial charge in [0.05, 0.1) is 12.2 Å². The van der Waals surface area contributed by atoms with Gasteiger partial charge in [0.1, 0.15) is 6.61 Å². The highest BCUT2D eigenvalue weighted by Gasteiger charge is 2.24. The standard InChI is InChI=1S/C22H30N2O4/c1-16(2)13-23-21(26)12-18-9-6-10-28-15-20(25)11-19(14-24-22(18)27)17-7-4-3-5-8-17/h3-8,10,16,18-19H,9,11-15H2,1-2H3,(H,23,26)(H,24,27)/b10-6-/t18-,19-/m0/s1. The Labute approximate surface area is 166 Å². The number of Topliss-reactive ketones (excluding diaryl/α,β-unsaturated/α-hetero) is 1. The second-order valence-corrected chi connectivity index (χ2v) is 7.61. The van der Waals surface area contributed by atoms with Crippen LogP contribution < -0.4 is 10.6 Å². The van der Waals surface area contributed by atoms with Gasteiger partial charge in [-0.2, -0.15) is 0 Å². The van der Waals surface area contributed by atoms with Gasteiger partial charge in [0.15, 0.2) is 5.78 Å². The predicted octanol–water partition coefficient (Wildman–Crippen LogP) is 2.56. The van der Waals surface area contributed by atoms with Crippen molar-refractivity contribution in [2.45, 2.75) is 39.0 Å². The molecule has 0 fully saturated rings. The van der Waals surface area contributed by atoms with Gasteiger partial charge in [0.25, 0.3) is 0 Å². The van der Waals surface area contributed by atoms with Gasteiger partial charge < -0.3 is 15.4 Å². The Morgan fingerprint density at radius 2 is 2.00 bits per heavy atom. The average Bonchev–Trinajstić information content (AvgIpc) is 2.68. The molecule has 1 aromatic rings. The summed E-state index contributed by atoms with van der Waals surface area (Å²) < 4.78 is 5.31. The van der Waals surface area contributed by atoms with Crippen LogP contribution >= 0.6 is 0 Å². The lowest BCUT2D eigenvalue weighted by atomic mass is 9.93. The molecule has 1 aliphatic rings. The lowest BCUT2D eigenvalue weighted by Crippen LogP contribution is -2.38. The zero-order valence-corrected chi connectivity index (χ0v) is 16.6. The first-order valence-corrected chi connectivity index (χ1v) is 9.83. The van der Waals surface area contributed by atoms with Crippen LogP contribution in [0.25, 0.3) is 0 Å². The van der Waals surface area contributed by atoms with Crippen molar-refractivity contribution in [1.29, 1.82) is 0 Å². The van der Waals surface area contributed by atoms with Gasteiger partial charge in [-0.3, -0.25) is 14.4 Å². The summed E-state index contributed by atoms with van der Waals surface area (Å²) >= 11 is 0. The van der Waals surface area contributed by atoms with Gasteiger partial charge >= 0.3 is 0 Å². The number of hydrogen-bond donors (Lipinski definition) is 2. The van der Waals surface area contributed by atoms with Crippen LogP contribution in [0.1, 0.15) is 44.6 Å². The van der Waals surface area contributed by atoms with Crippen LogP contribution in [0.15, 0.2) is 42.7 Å². The van der Waals surface area contributed by atoms with Crippen molar-refractivity contribution in [3.63, 3.8) is 0 Å². The largest absolute Gasteiger partial charge is 0.494 e. The maximum Gasteiger partial charge on any atom is 0.223 e. The van der Waals surface area contributed by atoms with E-state index < -0.39 is 5.92 Å². The van der Waals surface area contributed by atoms with E-state index in [0.29, 0.717) is 25.4 Å². The van der Waals surface area contributed by atoms with E-state index in [1.54, 1.807) is 6.08 Å². The molecular weight excluding hydrogens is 356 g/mol. The Morgan fingerprint density at radius 3 is 2.71 bits per heavy atom. The fraction of sp³-hybridized carbons (Fsp3) is 0.500. The van der Waals surface area contributed by atoms with Crippen molar-refractivity contribution in [3.05, 3.63) is 48.2 Å². The smallest absolute Gasteiger partial charge is 0.223 e. The van der Waals surface area contributed by atoms with Crippen LogP contribution in [0.4, 0.5) is 0 Å². The average molecular weight is 386 g/mol. The molecule has 1 heterocycles. The predicted molar refractivity (Wildman–Crippen MR) is 107 cm³/mol. The molecule has 0 unspecified atom stereocenters. The molecule has 0 radical (unpaired) electrons. The first-order chi connectivity index (χ1) is 13.5. The number of amides is 2. The van der Waals surface area contributed by atoms with Crippen LogP contribution in [-0.2, 0) is 19.1 Å². The molecule has 1 aromatic carbocycles. The third-order valence-electron chi connectivity index (χ3n) is 4.64. The molecule has 0 spiro atoms. The van der Waals surface area contributed by atoms with Gasteiger partial charge in [-0.05, 0) is 24.0 Å². The molecule has 1 aliphatic heterocycles. The number of nitrogens with one attached hydrogen (secondary N) is 2. The van der Waals surface area contributed by atoms with E-state index in [4.69, 9.17) is 4.74 Å². The summed E-state index contributed by atoms with van der Waals surface area (Å²) in [4.78, 5) is 37.1. The van der Waals surface area contributed by atoms with Crippen LogP contribution in [0.3, 0.4) is 0 Å². The molecule has 0 saturated carbocycles. The second kappa shape index (κ2) is 11.3. The molecule has 6 heteroatoms. The number of hydrogen-bond acceptors (Lipinski definition) is 4. The molecule has 6 nitrogen and oxygen atoms in total. The summed E-state index contributed by atoms with van der Waals surface area (Å²) in [5.74, 6) is -0.577. The third kappa shape index (κ3) is 7.55. The SMILES string of the molecule is CC(C)CNC(=O)C[C@@H]1C/C=C\OCC(=O)C[C@H](c2ccccc2)CNC1=O. The molecule has 2 N–H and O–H groups in total. The lowest BCUT2D eigenvalue weighted by Gasteiger charge is -2.21. The van der Waals surface area contributed by atoms with Crippen LogP contribution in [-0.4, -0.2) is 37.3 Å². The first kappa shape index (κ1) is 21.7. The minimum Gasteiger partial charge on any atom is -0.494 e. The Bertz CT molecular complexity index is 685. The minimum atomic E-state index is -0.474. The molecular formula is C22H30N2O4. The van der Waals surface area contributed by atoms with E-state index in [1.807, 2.05) is 44.2 Å². The highest BCUT2D eigenvalue weighted by atomic mass is 16.5. The zero-order valence-electron chi connectivity index (χ0n) is 16.6. The third-order valence-corrected chi connectivity index (χ3v) is 4.64. The molecule has 152 valence electrons. The van der Waals surface area contributed by atoms with Gasteiger partial charge in [0, 0.05) is 31.8 Å².